The summed E-state index contributed by atoms with van der Waals surface area (Å²) in [6, 6.07) is 6.50. The average molecular weight is 484 g/mol. The zero-order chi connectivity index (χ0) is 25.3. The van der Waals surface area contributed by atoms with Gasteiger partial charge in [0.25, 0.3) is 5.92 Å². The van der Waals surface area contributed by atoms with Crippen LogP contribution >= 0.6 is 0 Å². The number of ether oxygens (including phenoxy) is 1. The Morgan fingerprint density at radius 1 is 1.12 bits per heavy atom. The summed E-state index contributed by atoms with van der Waals surface area (Å²) in [5.41, 5.74) is -0.129. The molecule has 1 aliphatic rings. The lowest BCUT2D eigenvalue weighted by Crippen LogP contribution is -2.43. The van der Waals surface area contributed by atoms with Crippen LogP contribution in [0.25, 0.3) is 11.3 Å². The second-order valence-electron chi connectivity index (χ2n) is 9.27. The van der Waals surface area contributed by atoms with Crippen molar-refractivity contribution in [3.8, 4) is 11.3 Å². The topological polar surface area (TPSA) is 59.5 Å². The summed E-state index contributed by atoms with van der Waals surface area (Å²) in [5, 5.41) is 0. The van der Waals surface area contributed by atoms with Crippen molar-refractivity contribution in [2.75, 3.05) is 6.54 Å². The number of halogens is 5. The molecule has 1 fully saturated rings. The van der Waals surface area contributed by atoms with Gasteiger partial charge in [-0.3, -0.25) is 14.7 Å². The fourth-order valence-electron chi connectivity index (χ4n) is 3.67. The van der Waals surface area contributed by atoms with Gasteiger partial charge in [0.2, 0.25) is 0 Å². The second-order valence-corrected chi connectivity index (χ2v) is 9.27. The standard InChI is InChI=1S/C24H25F5N2O3/c1-22(2,3)34-21(33)31-14-23(25,26)13-19(31)20(32)9-4-15-10-11-30-18(12-15)16-5-7-17(8-6-16)24(27,28)29/h5-8,10-12,19H,4,9,13-14H2,1-3H3/t19-/m0/s1. The summed E-state index contributed by atoms with van der Waals surface area (Å²) in [4.78, 5) is 30.1. The number of pyridine rings is 1. The zero-order valence-electron chi connectivity index (χ0n) is 19.0. The van der Waals surface area contributed by atoms with Crippen LogP contribution in [0, 0.1) is 0 Å². The van der Waals surface area contributed by atoms with Gasteiger partial charge in [-0.15, -0.1) is 0 Å². The molecule has 0 radical (unpaired) electrons. The zero-order valence-corrected chi connectivity index (χ0v) is 19.0. The molecular weight excluding hydrogens is 459 g/mol. The van der Waals surface area contributed by atoms with Crippen molar-refractivity contribution in [3.63, 3.8) is 0 Å². The van der Waals surface area contributed by atoms with Crippen LogP contribution in [-0.2, 0) is 22.1 Å². The highest BCUT2D eigenvalue weighted by atomic mass is 19.4. The number of ketones is 1. The van der Waals surface area contributed by atoms with E-state index in [1.165, 1.54) is 18.3 Å². The van der Waals surface area contributed by atoms with E-state index >= 15 is 0 Å². The molecule has 0 saturated carbocycles. The van der Waals surface area contributed by atoms with Crippen LogP contribution in [0.3, 0.4) is 0 Å². The van der Waals surface area contributed by atoms with Gasteiger partial charge in [0.1, 0.15) is 5.60 Å². The maximum absolute atomic E-state index is 14.0. The highest BCUT2D eigenvalue weighted by Gasteiger charge is 2.50. The first-order chi connectivity index (χ1) is 15.6. The summed E-state index contributed by atoms with van der Waals surface area (Å²) < 4.78 is 71.5. The predicted molar refractivity (Wildman–Crippen MR) is 114 cm³/mol. The molecule has 0 aliphatic carbocycles. The molecule has 1 aliphatic heterocycles. The van der Waals surface area contributed by atoms with Gasteiger partial charge in [0.15, 0.2) is 5.78 Å². The van der Waals surface area contributed by atoms with Gasteiger partial charge in [-0.2, -0.15) is 13.2 Å². The fourth-order valence-corrected chi connectivity index (χ4v) is 3.67. The number of rotatable bonds is 5. The third-order valence-electron chi connectivity index (χ3n) is 5.26. The number of Topliss-reactive ketones (excluding diaryl/α,β-unsaturated/α-hetero) is 1. The molecule has 0 spiro atoms. The maximum Gasteiger partial charge on any atom is 0.416 e. The lowest BCUT2D eigenvalue weighted by molar-refractivity contribution is -0.137. The van der Waals surface area contributed by atoms with Gasteiger partial charge in [0, 0.05) is 24.6 Å². The number of amides is 1. The molecule has 1 aromatic heterocycles. The molecule has 34 heavy (non-hydrogen) atoms. The molecule has 0 bridgehead atoms. The van der Waals surface area contributed by atoms with E-state index in [9.17, 15) is 31.5 Å². The van der Waals surface area contributed by atoms with Gasteiger partial charge in [0.05, 0.1) is 23.8 Å². The molecule has 5 nitrogen and oxygen atoms in total. The summed E-state index contributed by atoms with van der Waals surface area (Å²) >= 11 is 0. The van der Waals surface area contributed by atoms with Crippen molar-refractivity contribution in [1.29, 1.82) is 0 Å². The molecule has 1 aromatic carbocycles. The van der Waals surface area contributed by atoms with E-state index in [0.717, 1.165) is 17.0 Å². The Morgan fingerprint density at radius 3 is 2.35 bits per heavy atom. The molecule has 2 heterocycles. The molecule has 1 saturated heterocycles. The number of aryl methyl sites for hydroxylation is 1. The number of likely N-dealkylation sites (tertiary alicyclic amines) is 1. The van der Waals surface area contributed by atoms with Gasteiger partial charge >= 0.3 is 12.3 Å². The molecule has 3 rings (SSSR count). The Hall–Kier alpha value is -3.04. The summed E-state index contributed by atoms with van der Waals surface area (Å²) in [6.45, 7) is 3.93. The lowest BCUT2D eigenvalue weighted by atomic mass is 10.00. The predicted octanol–water partition coefficient (Wildman–Crippen LogP) is 5.91. The van der Waals surface area contributed by atoms with Crippen LogP contribution in [0.5, 0.6) is 0 Å². The molecule has 1 amide bonds. The summed E-state index contributed by atoms with van der Waals surface area (Å²) in [5.74, 6) is -3.71. The van der Waals surface area contributed by atoms with Crippen molar-refractivity contribution in [2.24, 2.45) is 0 Å². The van der Waals surface area contributed by atoms with E-state index in [-0.39, 0.29) is 12.8 Å². The quantitative estimate of drug-likeness (QED) is 0.495. The Balaban J connectivity index is 1.69. The minimum absolute atomic E-state index is 0.101. The largest absolute Gasteiger partial charge is 0.444 e. The minimum Gasteiger partial charge on any atom is -0.444 e. The highest BCUT2D eigenvalue weighted by Crippen LogP contribution is 2.34. The number of carbonyl (C=O) groups excluding carboxylic acids is 2. The summed E-state index contributed by atoms with van der Waals surface area (Å²) in [7, 11) is 0. The third kappa shape index (κ3) is 6.51. The van der Waals surface area contributed by atoms with Crippen molar-refractivity contribution in [1.82, 2.24) is 9.88 Å². The van der Waals surface area contributed by atoms with Gasteiger partial charge < -0.3 is 4.74 Å². The first-order valence-electron chi connectivity index (χ1n) is 10.7. The van der Waals surface area contributed by atoms with E-state index < -0.39 is 54.1 Å². The van der Waals surface area contributed by atoms with E-state index in [1.807, 2.05) is 0 Å². The van der Waals surface area contributed by atoms with E-state index in [4.69, 9.17) is 4.74 Å². The van der Waals surface area contributed by atoms with Crippen molar-refractivity contribution >= 4 is 11.9 Å². The number of hydrogen-bond donors (Lipinski definition) is 0. The number of carbonyl (C=O) groups is 2. The van der Waals surface area contributed by atoms with E-state index in [2.05, 4.69) is 4.98 Å². The number of nitrogens with zero attached hydrogens (tertiary/aromatic N) is 2. The number of aromatic nitrogens is 1. The minimum atomic E-state index is -4.45. The van der Waals surface area contributed by atoms with Gasteiger partial charge in [-0.1, -0.05) is 12.1 Å². The van der Waals surface area contributed by atoms with Crippen LogP contribution in [-0.4, -0.2) is 45.9 Å². The van der Waals surface area contributed by atoms with E-state index in [1.54, 1.807) is 32.9 Å². The third-order valence-corrected chi connectivity index (χ3v) is 5.26. The first-order valence-corrected chi connectivity index (χ1v) is 10.7. The SMILES string of the molecule is CC(C)(C)OC(=O)N1CC(F)(F)C[C@H]1C(=O)CCc1ccnc(-c2ccc(C(F)(F)F)cc2)c1. The van der Waals surface area contributed by atoms with Gasteiger partial charge in [-0.25, -0.2) is 13.6 Å². The highest BCUT2D eigenvalue weighted by molar-refractivity contribution is 5.88. The van der Waals surface area contributed by atoms with Crippen molar-refractivity contribution in [3.05, 3.63) is 53.7 Å². The first kappa shape index (κ1) is 25.6. The van der Waals surface area contributed by atoms with Crippen molar-refractivity contribution in [2.45, 2.75) is 63.8 Å². The van der Waals surface area contributed by atoms with Crippen LogP contribution in [0.2, 0.25) is 0 Å². The van der Waals surface area contributed by atoms with Crippen molar-refractivity contribution < 1.29 is 36.3 Å². The Morgan fingerprint density at radius 2 is 1.76 bits per heavy atom. The normalized spacial score (nSPS) is 18.1. The summed E-state index contributed by atoms with van der Waals surface area (Å²) in [6.07, 6.45) is -4.62. The lowest BCUT2D eigenvalue weighted by Gasteiger charge is -2.27. The van der Waals surface area contributed by atoms with Crippen LogP contribution < -0.4 is 0 Å². The molecule has 2 aromatic rings. The number of hydrogen-bond acceptors (Lipinski definition) is 4. The average Bonchev–Trinajstić information content (AvgIpc) is 3.06. The number of benzene rings is 1. The maximum atomic E-state index is 14.0. The monoisotopic (exact) mass is 484 g/mol. The molecule has 0 unspecified atom stereocenters. The van der Waals surface area contributed by atoms with Gasteiger partial charge in [-0.05, 0) is 57.0 Å². The number of alkyl halides is 5. The molecule has 184 valence electrons. The molecule has 0 N–H and O–H groups in total. The fraction of sp³-hybridized carbons (Fsp3) is 0.458. The van der Waals surface area contributed by atoms with Crippen LogP contribution in [0.1, 0.15) is 44.7 Å². The Bertz CT molecular complexity index is 1050. The Labute approximate surface area is 193 Å². The molecular formula is C24H25F5N2O3. The Kier molecular flexibility index (Phi) is 7.00. The second kappa shape index (κ2) is 9.31. The smallest absolute Gasteiger partial charge is 0.416 e. The van der Waals surface area contributed by atoms with Crippen LogP contribution in [0.15, 0.2) is 42.6 Å². The van der Waals surface area contributed by atoms with Crippen LogP contribution in [0.4, 0.5) is 26.7 Å². The molecule has 1 atom stereocenters. The van der Waals surface area contributed by atoms with E-state index in [0.29, 0.717) is 16.8 Å². The molecule has 10 heteroatoms.